The zero-order valence-corrected chi connectivity index (χ0v) is 12.3. The first-order chi connectivity index (χ1) is 7.59. The van der Waals surface area contributed by atoms with Crippen molar-refractivity contribution in [1.82, 2.24) is 5.32 Å². The summed E-state index contributed by atoms with van der Waals surface area (Å²) in [6.45, 7) is 10.4. The highest BCUT2D eigenvalue weighted by molar-refractivity contribution is 7.99. The van der Waals surface area contributed by atoms with Crippen LogP contribution in [0.4, 0.5) is 0 Å². The molecule has 3 unspecified atom stereocenters. The summed E-state index contributed by atoms with van der Waals surface area (Å²) in [7, 11) is 0. The van der Waals surface area contributed by atoms with Crippen LogP contribution in [0.25, 0.3) is 0 Å². The second kappa shape index (κ2) is 7.60. The molecule has 96 valence electrons. The van der Waals surface area contributed by atoms with Crippen LogP contribution in [-0.2, 0) is 0 Å². The van der Waals surface area contributed by atoms with Gasteiger partial charge >= 0.3 is 0 Å². The first-order valence-electron chi connectivity index (χ1n) is 6.94. The van der Waals surface area contributed by atoms with Crippen LogP contribution in [0.1, 0.15) is 53.4 Å². The monoisotopic (exact) mass is 243 g/mol. The van der Waals surface area contributed by atoms with Crippen molar-refractivity contribution in [3.05, 3.63) is 0 Å². The van der Waals surface area contributed by atoms with Crippen LogP contribution < -0.4 is 5.32 Å². The van der Waals surface area contributed by atoms with Gasteiger partial charge in [0.2, 0.25) is 0 Å². The van der Waals surface area contributed by atoms with Crippen molar-refractivity contribution < 1.29 is 0 Å². The maximum atomic E-state index is 3.61. The number of thioether (sulfide) groups is 1. The van der Waals surface area contributed by atoms with E-state index in [9.17, 15) is 0 Å². The third-order valence-corrected chi connectivity index (χ3v) is 5.15. The summed E-state index contributed by atoms with van der Waals surface area (Å²) in [6.07, 6.45) is 5.81. The molecule has 0 aromatic heterocycles. The molecule has 2 heteroatoms. The predicted octanol–water partition coefficient (Wildman–Crippen LogP) is 3.93. The van der Waals surface area contributed by atoms with Gasteiger partial charge in [0.1, 0.15) is 0 Å². The molecule has 0 heterocycles. The third kappa shape index (κ3) is 5.58. The van der Waals surface area contributed by atoms with Gasteiger partial charge in [-0.3, -0.25) is 0 Å². The molecule has 0 bridgehead atoms. The summed E-state index contributed by atoms with van der Waals surface area (Å²) in [5.74, 6) is 3.00. The number of hydrogen-bond acceptors (Lipinski definition) is 2. The van der Waals surface area contributed by atoms with Gasteiger partial charge in [-0.15, -0.1) is 0 Å². The van der Waals surface area contributed by atoms with Gasteiger partial charge in [-0.05, 0) is 31.6 Å². The molecule has 0 aromatic carbocycles. The van der Waals surface area contributed by atoms with Crippen LogP contribution in [0.15, 0.2) is 0 Å². The fourth-order valence-electron chi connectivity index (χ4n) is 2.28. The third-order valence-electron chi connectivity index (χ3n) is 3.81. The van der Waals surface area contributed by atoms with Gasteiger partial charge in [0.15, 0.2) is 0 Å². The molecule has 0 aliphatic heterocycles. The van der Waals surface area contributed by atoms with Crippen LogP contribution in [0.2, 0.25) is 0 Å². The lowest BCUT2D eigenvalue weighted by Gasteiger charge is -2.26. The fraction of sp³-hybridized carbons (Fsp3) is 1.00. The van der Waals surface area contributed by atoms with Gasteiger partial charge in [-0.2, -0.15) is 11.8 Å². The highest BCUT2D eigenvalue weighted by atomic mass is 32.2. The first kappa shape index (κ1) is 14.4. The van der Waals surface area contributed by atoms with Crippen LogP contribution >= 0.6 is 11.8 Å². The zero-order chi connectivity index (χ0) is 12.0. The van der Waals surface area contributed by atoms with Gasteiger partial charge in [-0.25, -0.2) is 0 Å². The van der Waals surface area contributed by atoms with E-state index in [-0.39, 0.29) is 0 Å². The Morgan fingerprint density at radius 2 is 2.00 bits per heavy atom. The van der Waals surface area contributed by atoms with Crippen LogP contribution in [0.3, 0.4) is 0 Å². The maximum absolute atomic E-state index is 3.61. The van der Waals surface area contributed by atoms with Gasteiger partial charge in [0, 0.05) is 23.6 Å². The molecule has 0 saturated heterocycles. The molecule has 0 aromatic rings. The molecule has 0 spiro atoms. The second-order valence-corrected chi connectivity index (χ2v) is 7.16. The van der Waals surface area contributed by atoms with Gasteiger partial charge in [0.05, 0.1) is 0 Å². The summed E-state index contributed by atoms with van der Waals surface area (Å²) in [4.78, 5) is 0. The number of rotatable bonds is 6. The highest BCUT2D eigenvalue weighted by Gasteiger charge is 2.18. The average molecular weight is 243 g/mol. The molecule has 0 radical (unpaired) electrons. The van der Waals surface area contributed by atoms with Crippen LogP contribution in [0, 0.1) is 11.8 Å². The van der Waals surface area contributed by atoms with Gasteiger partial charge < -0.3 is 5.32 Å². The predicted molar refractivity (Wildman–Crippen MR) is 76.2 cm³/mol. The minimum Gasteiger partial charge on any atom is -0.313 e. The van der Waals surface area contributed by atoms with E-state index >= 15 is 0 Å². The normalized spacial score (nSPS) is 28.3. The minimum absolute atomic E-state index is 0.658. The zero-order valence-electron chi connectivity index (χ0n) is 11.5. The minimum atomic E-state index is 0.658. The lowest BCUT2D eigenvalue weighted by atomic mass is 9.91. The SMILES string of the molecule is CC1CCCC(SCCNC(C)C(C)C)C1. The Hall–Kier alpha value is 0.310. The quantitative estimate of drug-likeness (QED) is 0.709. The summed E-state index contributed by atoms with van der Waals surface area (Å²) < 4.78 is 0. The molecule has 1 fully saturated rings. The molecule has 1 rings (SSSR count). The Balaban J connectivity index is 2.02. The van der Waals surface area contributed by atoms with E-state index in [4.69, 9.17) is 0 Å². The van der Waals surface area contributed by atoms with Crippen molar-refractivity contribution in [1.29, 1.82) is 0 Å². The van der Waals surface area contributed by atoms with E-state index in [0.29, 0.717) is 6.04 Å². The van der Waals surface area contributed by atoms with E-state index in [1.54, 1.807) is 0 Å². The largest absolute Gasteiger partial charge is 0.313 e. The van der Waals surface area contributed by atoms with E-state index in [0.717, 1.165) is 17.1 Å². The van der Waals surface area contributed by atoms with E-state index in [2.05, 4.69) is 44.8 Å². The Kier molecular flexibility index (Phi) is 6.83. The van der Waals surface area contributed by atoms with E-state index in [1.165, 1.54) is 38.0 Å². The average Bonchev–Trinajstić information content (AvgIpc) is 2.24. The molecule has 3 atom stereocenters. The molecular weight excluding hydrogens is 214 g/mol. The van der Waals surface area contributed by atoms with Crippen LogP contribution in [0.5, 0.6) is 0 Å². The van der Waals surface area contributed by atoms with Crippen molar-refractivity contribution in [3.63, 3.8) is 0 Å². The van der Waals surface area contributed by atoms with Crippen LogP contribution in [-0.4, -0.2) is 23.6 Å². The molecule has 16 heavy (non-hydrogen) atoms. The Morgan fingerprint density at radius 1 is 1.25 bits per heavy atom. The Morgan fingerprint density at radius 3 is 2.62 bits per heavy atom. The molecule has 1 saturated carbocycles. The molecule has 0 amide bonds. The molecule has 1 aliphatic rings. The highest BCUT2D eigenvalue weighted by Crippen LogP contribution is 2.31. The number of hydrogen-bond donors (Lipinski definition) is 1. The molecular formula is C14H29NS. The van der Waals surface area contributed by atoms with Crippen molar-refractivity contribution in [2.24, 2.45) is 11.8 Å². The summed E-state index contributed by atoms with van der Waals surface area (Å²) >= 11 is 2.19. The molecule has 1 N–H and O–H groups in total. The molecule has 1 nitrogen and oxygen atoms in total. The maximum Gasteiger partial charge on any atom is 0.00620 e. The van der Waals surface area contributed by atoms with Crippen molar-refractivity contribution in [2.75, 3.05) is 12.3 Å². The Bertz CT molecular complexity index is 182. The molecule has 1 aliphatic carbocycles. The summed E-state index contributed by atoms with van der Waals surface area (Å²) in [5, 5.41) is 4.56. The fourth-order valence-corrected chi connectivity index (χ4v) is 3.64. The van der Waals surface area contributed by atoms with Gasteiger partial charge in [0.25, 0.3) is 0 Å². The van der Waals surface area contributed by atoms with Gasteiger partial charge in [-0.1, -0.05) is 33.6 Å². The standard InChI is InChI=1S/C14H29NS/c1-11(2)13(4)15-8-9-16-14-7-5-6-12(3)10-14/h11-15H,5-10H2,1-4H3. The second-order valence-electron chi connectivity index (χ2n) is 5.75. The summed E-state index contributed by atoms with van der Waals surface area (Å²) in [5.41, 5.74) is 0. The lowest BCUT2D eigenvalue weighted by Crippen LogP contribution is -2.32. The van der Waals surface area contributed by atoms with E-state index < -0.39 is 0 Å². The lowest BCUT2D eigenvalue weighted by molar-refractivity contribution is 0.394. The smallest absolute Gasteiger partial charge is 0.00620 e. The first-order valence-corrected chi connectivity index (χ1v) is 7.99. The van der Waals surface area contributed by atoms with E-state index in [1.807, 2.05) is 0 Å². The van der Waals surface area contributed by atoms with Crippen molar-refractivity contribution >= 4 is 11.8 Å². The van der Waals surface area contributed by atoms with Crippen molar-refractivity contribution in [2.45, 2.75) is 64.7 Å². The number of nitrogens with one attached hydrogen (secondary N) is 1. The topological polar surface area (TPSA) is 12.0 Å². The Labute approximate surface area is 106 Å². The van der Waals surface area contributed by atoms with Crippen molar-refractivity contribution in [3.8, 4) is 0 Å². The summed E-state index contributed by atoms with van der Waals surface area (Å²) in [6, 6.07) is 0.658.